The Morgan fingerprint density at radius 3 is 2.52 bits per heavy atom. The van der Waals surface area contributed by atoms with Crippen LogP contribution in [0.5, 0.6) is 11.5 Å². The smallest absolute Gasteiger partial charge is 0.328 e. The molecule has 1 N–H and O–H groups in total. The molecule has 2 aromatic rings. The van der Waals surface area contributed by atoms with E-state index in [9.17, 15) is 4.79 Å². The van der Waals surface area contributed by atoms with Crippen LogP contribution in [0.2, 0.25) is 0 Å². The predicted octanol–water partition coefficient (Wildman–Crippen LogP) is 4.45. The minimum absolute atomic E-state index is 0.641. The highest BCUT2D eigenvalue weighted by Gasteiger charge is 2.04. The largest absolute Gasteiger partial charge is 0.478 e. The number of ether oxygens (including phenoxy) is 1. The van der Waals surface area contributed by atoms with E-state index in [2.05, 4.69) is 6.92 Å². The molecule has 0 saturated heterocycles. The van der Waals surface area contributed by atoms with Gasteiger partial charge in [-0.05, 0) is 49.2 Å². The molecule has 0 radical (unpaired) electrons. The maximum absolute atomic E-state index is 10.7. The van der Waals surface area contributed by atoms with Gasteiger partial charge < -0.3 is 9.84 Å². The Hall–Kier alpha value is -2.55. The van der Waals surface area contributed by atoms with Gasteiger partial charge in [-0.15, -0.1) is 0 Å². The van der Waals surface area contributed by atoms with Crippen LogP contribution in [0.15, 0.2) is 48.5 Å². The van der Waals surface area contributed by atoms with Crippen LogP contribution in [0.3, 0.4) is 0 Å². The van der Waals surface area contributed by atoms with Crippen LogP contribution in [-0.2, 0) is 11.2 Å². The first-order chi connectivity index (χ1) is 10.1. The number of carbonyl (C=O) groups is 1. The molecule has 0 bridgehead atoms. The molecule has 2 rings (SSSR count). The summed E-state index contributed by atoms with van der Waals surface area (Å²) in [6.45, 7) is 4.06. The number of carboxylic acids is 1. The van der Waals surface area contributed by atoms with Crippen molar-refractivity contribution in [1.29, 1.82) is 0 Å². The monoisotopic (exact) mass is 282 g/mol. The van der Waals surface area contributed by atoms with Crippen LogP contribution >= 0.6 is 0 Å². The highest BCUT2D eigenvalue weighted by molar-refractivity contribution is 5.86. The zero-order valence-corrected chi connectivity index (χ0v) is 12.2. The third-order valence-corrected chi connectivity index (χ3v) is 3.13. The van der Waals surface area contributed by atoms with Crippen LogP contribution in [0.4, 0.5) is 0 Å². The molecule has 3 nitrogen and oxygen atoms in total. The summed E-state index contributed by atoms with van der Waals surface area (Å²) in [6, 6.07) is 13.6. The summed E-state index contributed by atoms with van der Waals surface area (Å²) in [5.74, 6) is 0.401. The molecule has 108 valence electrons. The second-order valence-corrected chi connectivity index (χ2v) is 4.81. The van der Waals surface area contributed by atoms with Crippen molar-refractivity contribution in [3.8, 4) is 11.5 Å². The van der Waals surface area contributed by atoms with Crippen molar-refractivity contribution >= 4 is 12.0 Å². The number of hydrogen-bond donors (Lipinski definition) is 1. The van der Waals surface area contributed by atoms with E-state index in [4.69, 9.17) is 9.84 Å². The van der Waals surface area contributed by atoms with Gasteiger partial charge in [0.1, 0.15) is 11.5 Å². The summed E-state index contributed by atoms with van der Waals surface area (Å²) in [6.07, 6.45) is 3.64. The van der Waals surface area contributed by atoms with E-state index in [1.165, 1.54) is 5.56 Å². The minimum Gasteiger partial charge on any atom is -0.478 e. The Morgan fingerprint density at radius 1 is 1.19 bits per heavy atom. The van der Waals surface area contributed by atoms with Crippen molar-refractivity contribution in [1.82, 2.24) is 0 Å². The lowest BCUT2D eigenvalue weighted by atomic mass is 10.1. The van der Waals surface area contributed by atoms with Crippen molar-refractivity contribution in [2.45, 2.75) is 20.3 Å². The lowest BCUT2D eigenvalue weighted by Crippen LogP contribution is -1.91. The number of aryl methyl sites for hydroxylation is 2. The van der Waals surface area contributed by atoms with Gasteiger partial charge in [0.25, 0.3) is 0 Å². The van der Waals surface area contributed by atoms with Gasteiger partial charge in [-0.1, -0.05) is 30.7 Å². The van der Waals surface area contributed by atoms with Crippen molar-refractivity contribution in [3.63, 3.8) is 0 Å². The van der Waals surface area contributed by atoms with Crippen LogP contribution in [0.25, 0.3) is 6.08 Å². The molecular formula is C18H18O3. The number of rotatable bonds is 5. The third-order valence-electron chi connectivity index (χ3n) is 3.13. The lowest BCUT2D eigenvalue weighted by Gasteiger charge is -2.10. The van der Waals surface area contributed by atoms with Gasteiger partial charge in [0, 0.05) is 11.6 Å². The van der Waals surface area contributed by atoms with E-state index < -0.39 is 5.97 Å². The second kappa shape index (κ2) is 6.75. The fraction of sp³-hybridized carbons (Fsp3) is 0.167. The molecule has 0 aromatic heterocycles. The Morgan fingerprint density at radius 2 is 1.90 bits per heavy atom. The predicted molar refractivity (Wildman–Crippen MR) is 83.7 cm³/mol. The SMILES string of the molecule is CCc1ccc(Oc2ccc(C)cc2/C=C/C(=O)O)cc1. The molecule has 0 aliphatic carbocycles. The molecule has 0 aliphatic heterocycles. The van der Waals surface area contributed by atoms with Gasteiger partial charge in [0.15, 0.2) is 0 Å². The van der Waals surface area contributed by atoms with Crippen LogP contribution in [-0.4, -0.2) is 11.1 Å². The molecule has 3 heteroatoms. The van der Waals surface area contributed by atoms with Crippen LogP contribution in [0, 0.1) is 6.92 Å². The minimum atomic E-state index is -0.977. The fourth-order valence-corrected chi connectivity index (χ4v) is 1.97. The van der Waals surface area contributed by atoms with Crippen LogP contribution < -0.4 is 4.74 Å². The first-order valence-corrected chi connectivity index (χ1v) is 6.87. The van der Waals surface area contributed by atoms with Gasteiger partial charge in [-0.2, -0.15) is 0 Å². The number of hydrogen-bond acceptors (Lipinski definition) is 2. The molecule has 0 amide bonds. The standard InChI is InChI=1S/C18H18O3/c1-3-14-5-8-16(9-6-14)21-17-10-4-13(2)12-15(17)7-11-18(19)20/h4-12H,3H2,1-2H3,(H,19,20)/b11-7+. The van der Waals surface area contributed by atoms with Crippen molar-refractivity contribution < 1.29 is 14.6 Å². The highest BCUT2D eigenvalue weighted by atomic mass is 16.5. The summed E-state index contributed by atoms with van der Waals surface area (Å²) in [5, 5.41) is 8.75. The topological polar surface area (TPSA) is 46.5 Å². The normalized spacial score (nSPS) is 10.8. The zero-order chi connectivity index (χ0) is 15.2. The third kappa shape index (κ3) is 4.21. The molecule has 0 saturated carbocycles. The average Bonchev–Trinajstić information content (AvgIpc) is 2.48. The maximum Gasteiger partial charge on any atom is 0.328 e. The summed E-state index contributed by atoms with van der Waals surface area (Å²) >= 11 is 0. The molecular weight excluding hydrogens is 264 g/mol. The number of carboxylic acid groups (broad SMARTS) is 1. The van der Waals surface area contributed by atoms with E-state index in [0.29, 0.717) is 5.75 Å². The second-order valence-electron chi connectivity index (χ2n) is 4.81. The van der Waals surface area contributed by atoms with E-state index in [1.807, 2.05) is 49.4 Å². The quantitative estimate of drug-likeness (QED) is 0.824. The number of aliphatic carboxylic acids is 1. The maximum atomic E-state index is 10.7. The lowest BCUT2D eigenvalue weighted by molar-refractivity contribution is -0.131. The zero-order valence-electron chi connectivity index (χ0n) is 12.2. The average molecular weight is 282 g/mol. The van der Waals surface area contributed by atoms with E-state index >= 15 is 0 Å². The van der Waals surface area contributed by atoms with Gasteiger partial charge in [-0.25, -0.2) is 4.79 Å². The molecule has 0 fully saturated rings. The molecule has 0 spiro atoms. The fourth-order valence-electron chi connectivity index (χ4n) is 1.97. The Balaban J connectivity index is 2.27. The summed E-state index contributed by atoms with van der Waals surface area (Å²) in [5.41, 5.74) is 3.04. The Bertz CT molecular complexity index is 655. The molecule has 0 heterocycles. The Labute approximate surface area is 124 Å². The van der Waals surface area contributed by atoms with E-state index in [0.717, 1.165) is 29.4 Å². The van der Waals surface area contributed by atoms with Gasteiger partial charge in [0.05, 0.1) is 0 Å². The molecule has 0 aliphatic rings. The summed E-state index contributed by atoms with van der Waals surface area (Å²) in [4.78, 5) is 10.7. The molecule has 2 aromatic carbocycles. The van der Waals surface area contributed by atoms with Crippen LogP contribution in [0.1, 0.15) is 23.6 Å². The Kier molecular flexibility index (Phi) is 4.77. The molecule has 21 heavy (non-hydrogen) atoms. The summed E-state index contributed by atoms with van der Waals surface area (Å²) < 4.78 is 5.85. The van der Waals surface area contributed by atoms with Crippen molar-refractivity contribution in [3.05, 3.63) is 65.2 Å². The van der Waals surface area contributed by atoms with Gasteiger partial charge in [-0.3, -0.25) is 0 Å². The first-order valence-electron chi connectivity index (χ1n) is 6.87. The first kappa shape index (κ1) is 14.9. The summed E-state index contributed by atoms with van der Waals surface area (Å²) in [7, 11) is 0. The van der Waals surface area contributed by atoms with Crippen molar-refractivity contribution in [2.75, 3.05) is 0 Å². The van der Waals surface area contributed by atoms with Gasteiger partial charge in [0.2, 0.25) is 0 Å². The molecule has 0 unspecified atom stereocenters. The van der Waals surface area contributed by atoms with Gasteiger partial charge >= 0.3 is 5.97 Å². The number of benzene rings is 2. The highest BCUT2D eigenvalue weighted by Crippen LogP contribution is 2.27. The van der Waals surface area contributed by atoms with E-state index in [1.54, 1.807) is 6.08 Å². The van der Waals surface area contributed by atoms with Crippen molar-refractivity contribution in [2.24, 2.45) is 0 Å². The van der Waals surface area contributed by atoms with E-state index in [-0.39, 0.29) is 0 Å². The molecule has 0 atom stereocenters.